The van der Waals surface area contributed by atoms with Crippen LogP contribution in [0.2, 0.25) is 10.0 Å². The Morgan fingerprint density at radius 2 is 1.43 bits per heavy atom. The Balaban J connectivity index is 1.67. The van der Waals surface area contributed by atoms with Gasteiger partial charge >= 0.3 is 6.03 Å². The number of nitrogens with one attached hydrogen (secondary N) is 1. The van der Waals surface area contributed by atoms with Crippen LogP contribution in [0.25, 0.3) is 16.8 Å². The number of halogens is 2. The van der Waals surface area contributed by atoms with E-state index in [1.54, 1.807) is 30.3 Å². The molecule has 5 rings (SSSR count). The highest BCUT2D eigenvalue weighted by atomic mass is 35.5. The second kappa shape index (κ2) is 9.37. The van der Waals surface area contributed by atoms with Gasteiger partial charge in [0, 0.05) is 5.02 Å². The minimum Gasteiger partial charge on any atom is -0.273 e. The highest BCUT2D eigenvalue weighted by Gasteiger charge is 2.37. The van der Waals surface area contributed by atoms with E-state index in [0.717, 1.165) is 26.8 Å². The normalized spacial score (nSPS) is 15.1. The number of urea groups is 1. The van der Waals surface area contributed by atoms with Crippen molar-refractivity contribution in [1.82, 2.24) is 5.32 Å². The van der Waals surface area contributed by atoms with Gasteiger partial charge in [-0.2, -0.15) is 0 Å². The molecule has 35 heavy (non-hydrogen) atoms. The zero-order valence-corrected chi connectivity index (χ0v) is 19.8. The maximum absolute atomic E-state index is 13.5. The van der Waals surface area contributed by atoms with Crippen molar-refractivity contribution in [1.29, 1.82) is 0 Å². The number of imide groups is 2. The van der Waals surface area contributed by atoms with Crippen LogP contribution in [-0.4, -0.2) is 17.8 Å². The molecule has 1 saturated heterocycles. The summed E-state index contributed by atoms with van der Waals surface area (Å²) >= 11 is 12.7. The number of para-hydroxylation sites is 1. The van der Waals surface area contributed by atoms with Crippen molar-refractivity contribution in [3.63, 3.8) is 0 Å². The molecule has 5 nitrogen and oxygen atoms in total. The van der Waals surface area contributed by atoms with Crippen molar-refractivity contribution < 1.29 is 14.4 Å². The first-order valence-electron chi connectivity index (χ1n) is 10.8. The lowest BCUT2D eigenvalue weighted by Gasteiger charge is -2.27. The number of fused-ring (bicyclic) bond motifs is 1. The van der Waals surface area contributed by atoms with Gasteiger partial charge in [-0.3, -0.25) is 14.9 Å². The molecule has 0 radical (unpaired) electrons. The number of benzene rings is 4. The Kier molecular flexibility index (Phi) is 6.12. The first-order chi connectivity index (χ1) is 16.9. The van der Waals surface area contributed by atoms with Gasteiger partial charge in [-0.15, -0.1) is 0 Å². The zero-order chi connectivity index (χ0) is 24.5. The minimum absolute atomic E-state index is 0.165. The first-order valence-corrected chi connectivity index (χ1v) is 11.6. The highest BCUT2D eigenvalue weighted by Crippen LogP contribution is 2.32. The molecule has 0 bridgehead atoms. The number of barbiturate groups is 1. The Morgan fingerprint density at radius 3 is 2.20 bits per heavy atom. The number of hydrogen-bond donors (Lipinski definition) is 1. The van der Waals surface area contributed by atoms with Crippen LogP contribution >= 0.6 is 23.2 Å². The highest BCUT2D eigenvalue weighted by molar-refractivity contribution is 6.42. The van der Waals surface area contributed by atoms with E-state index in [4.69, 9.17) is 23.2 Å². The van der Waals surface area contributed by atoms with Gasteiger partial charge in [0.25, 0.3) is 11.8 Å². The lowest BCUT2D eigenvalue weighted by molar-refractivity contribution is -0.122. The number of carbonyl (C=O) groups excluding carboxylic acids is 3. The smallest absolute Gasteiger partial charge is 0.273 e. The summed E-state index contributed by atoms with van der Waals surface area (Å²) in [6.07, 6.45) is 2.04. The summed E-state index contributed by atoms with van der Waals surface area (Å²) in [6.45, 7) is 0. The average Bonchev–Trinajstić information content (AvgIpc) is 2.85. The van der Waals surface area contributed by atoms with Gasteiger partial charge < -0.3 is 0 Å². The number of amides is 4. The lowest BCUT2D eigenvalue weighted by Crippen LogP contribution is -2.54. The summed E-state index contributed by atoms with van der Waals surface area (Å²) in [5.41, 5.74) is 2.53. The van der Waals surface area contributed by atoms with Crippen LogP contribution < -0.4 is 10.2 Å². The molecule has 1 fully saturated rings. The van der Waals surface area contributed by atoms with Gasteiger partial charge in [-0.05, 0) is 58.2 Å². The van der Waals surface area contributed by atoms with Crippen LogP contribution in [0.15, 0.2) is 90.5 Å². The summed E-state index contributed by atoms with van der Waals surface area (Å²) in [6, 6.07) is 24.8. The summed E-state index contributed by atoms with van der Waals surface area (Å²) in [5.74, 6) is -1.51. The number of anilines is 1. The van der Waals surface area contributed by atoms with Crippen LogP contribution in [0.3, 0.4) is 0 Å². The van der Waals surface area contributed by atoms with Gasteiger partial charge in [-0.25, -0.2) is 9.69 Å². The number of nitrogens with zero attached hydrogens (tertiary/aromatic N) is 1. The molecule has 172 valence electrons. The fourth-order valence-electron chi connectivity index (χ4n) is 4.17. The van der Waals surface area contributed by atoms with Crippen molar-refractivity contribution >= 4 is 63.6 Å². The third-order valence-electron chi connectivity index (χ3n) is 5.88. The Morgan fingerprint density at radius 1 is 0.743 bits per heavy atom. The molecule has 4 amide bonds. The van der Waals surface area contributed by atoms with E-state index >= 15 is 0 Å². The van der Waals surface area contributed by atoms with Crippen LogP contribution in [0.5, 0.6) is 0 Å². The monoisotopic (exact) mass is 500 g/mol. The molecule has 0 unspecified atom stereocenters. The molecular weight excluding hydrogens is 483 g/mol. The van der Waals surface area contributed by atoms with E-state index in [2.05, 4.69) is 5.32 Å². The van der Waals surface area contributed by atoms with Crippen LogP contribution in [0, 0.1) is 0 Å². The molecular formula is C28H18Cl2N2O3. The van der Waals surface area contributed by atoms with Crippen LogP contribution in [-0.2, 0) is 16.0 Å². The molecule has 4 aromatic rings. The molecule has 1 N–H and O–H groups in total. The molecule has 0 aliphatic carbocycles. The SMILES string of the molecule is O=C1NC(=O)N(c2ccccc2Cl)C(=O)/C1=C/c1c(Cc2ccccc2Cl)ccc2ccccc12. The topological polar surface area (TPSA) is 66.5 Å². The average molecular weight is 501 g/mol. The molecule has 0 aromatic heterocycles. The molecule has 1 aliphatic heterocycles. The van der Waals surface area contributed by atoms with E-state index in [-0.39, 0.29) is 16.3 Å². The van der Waals surface area contributed by atoms with E-state index in [0.29, 0.717) is 17.0 Å². The maximum Gasteiger partial charge on any atom is 0.335 e. The Hall–Kier alpha value is -3.93. The Bertz CT molecular complexity index is 1540. The molecule has 0 spiro atoms. The summed E-state index contributed by atoms with van der Waals surface area (Å²) < 4.78 is 0. The minimum atomic E-state index is -0.848. The Labute approximate surface area is 211 Å². The number of carbonyl (C=O) groups is 3. The van der Waals surface area contributed by atoms with E-state index in [1.807, 2.05) is 60.7 Å². The second-order valence-electron chi connectivity index (χ2n) is 8.04. The number of rotatable bonds is 4. The maximum atomic E-state index is 13.5. The van der Waals surface area contributed by atoms with E-state index in [9.17, 15) is 14.4 Å². The van der Waals surface area contributed by atoms with Crippen molar-refractivity contribution in [3.8, 4) is 0 Å². The van der Waals surface area contributed by atoms with Crippen molar-refractivity contribution in [2.45, 2.75) is 6.42 Å². The first kappa shape index (κ1) is 22.8. The second-order valence-corrected chi connectivity index (χ2v) is 8.85. The van der Waals surface area contributed by atoms with Crippen LogP contribution in [0.4, 0.5) is 10.5 Å². The summed E-state index contributed by atoms with van der Waals surface area (Å²) in [4.78, 5) is 39.8. The number of hydrogen-bond acceptors (Lipinski definition) is 3. The quantitative estimate of drug-likeness (QED) is 0.260. The third kappa shape index (κ3) is 4.32. The van der Waals surface area contributed by atoms with Gasteiger partial charge in [0.2, 0.25) is 0 Å². The van der Waals surface area contributed by atoms with Crippen molar-refractivity contribution in [2.75, 3.05) is 4.90 Å². The standard InChI is InChI=1S/C28H18Cl2N2O3/c29-23-10-4-2-8-19(23)15-18-14-13-17-7-1-3-9-20(17)21(18)16-22-26(33)31-28(35)32(27(22)34)25-12-6-5-11-24(25)30/h1-14,16H,15H2,(H,31,33,35)/b22-16+. The molecule has 7 heteroatoms. The van der Waals surface area contributed by atoms with E-state index < -0.39 is 17.8 Å². The summed E-state index contributed by atoms with van der Waals surface area (Å²) in [5, 5.41) is 4.92. The van der Waals surface area contributed by atoms with E-state index in [1.165, 1.54) is 0 Å². The summed E-state index contributed by atoms with van der Waals surface area (Å²) in [7, 11) is 0. The largest absolute Gasteiger partial charge is 0.335 e. The van der Waals surface area contributed by atoms with Gasteiger partial charge in [0.15, 0.2) is 0 Å². The lowest BCUT2D eigenvalue weighted by atomic mass is 9.92. The van der Waals surface area contributed by atoms with Crippen LogP contribution in [0.1, 0.15) is 16.7 Å². The van der Waals surface area contributed by atoms with Crippen molar-refractivity contribution in [3.05, 3.63) is 117 Å². The van der Waals surface area contributed by atoms with Gasteiger partial charge in [-0.1, -0.05) is 89.9 Å². The molecule has 0 saturated carbocycles. The third-order valence-corrected chi connectivity index (χ3v) is 6.57. The molecule has 1 heterocycles. The fourth-order valence-corrected chi connectivity index (χ4v) is 4.59. The van der Waals surface area contributed by atoms with Gasteiger partial charge in [0.1, 0.15) is 5.57 Å². The van der Waals surface area contributed by atoms with Crippen molar-refractivity contribution in [2.24, 2.45) is 0 Å². The predicted molar refractivity (Wildman–Crippen MR) is 139 cm³/mol. The fraction of sp³-hybridized carbons (Fsp3) is 0.0357. The molecule has 0 atom stereocenters. The zero-order valence-electron chi connectivity index (χ0n) is 18.3. The predicted octanol–water partition coefficient (Wildman–Crippen LogP) is 6.40. The molecule has 4 aromatic carbocycles. The van der Waals surface area contributed by atoms with Gasteiger partial charge in [0.05, 0.1) is 10.7 Å². The molecule has 1 aliphatic rings.